The van der Waals surface area contributed by atoms with Gasteiger partial charge in [0.1, 0.15) is 6.54 Å². The van der Waals surface area contributed by atoms with E-state index in [-0.39, 0.29) is 18.4 Å². The molecular weight excluding hydrogens is 230 g/mol. The molecule has 0 heterocycles. The zero-order valence-electron chi connectivity index (χ0n) is 11.6. The van der Waals surface area contributed by atoms with E-state index >= 15 is 0 Å². The predicted molar refractivity (Wildman–Crippen MR) is 70.1 cm³/mol. The van der Waals surface area contributed by atoms with Gasteiger partial charge < -0.3 is 10.4 Å². The monoisotopic (exact) mass is 255 g/mol. The lowest BCUT2D eigenvalue weighted by atomic mass is 9.68. The van der Waals surface area contributed by atoms with Gasteiger partial charge in [0.25, 0.3) is 0 Å². The molecule has 4 atom stereocenters. The summed E-state index contributed by atoms with van der Waals surface area (Å²) < 4.78 is 0. The number of carbonyl (C=O) groups is 2. The van der Waals surface area contributed by atoms with Gasteiger partial charge in [-0.1, -0.05) is 33.6 Å². The molecule has 1 fully saturated rings. The van der Waals surface area contributed by atoms with Gasteiger partial charge in [-0.15, -0.1) is 0 Å². The summed E-state index contributed by atoms with van der Waals surface area (Å²) in [5.41, 5.74) is 0. The van der Waals surface area contributed by atoms with E-state index in [0.29, 0.717) is 17.8 Å². The van der Waals surface area contributed by atoms with E-state index in [2.05, 4.69) is 26.1 Å². The molecule has 1 aliphatic rings. The van der Waals surface area contributed by atoms with E-state index in [0.717, 1.165) is 19.3 Å². The van der Waals surface area contributed by atoms with Gasteiger partial charge in [0.15, 0.2) is 0 Å². The molecular formula is C14H25NO3. The third-order valence-electron chi connectivity index (χ3n) is 4.29. The summed E-state index contributed by atoms with van der Waals surface area (Å²) >= 11 is 0. The molecule has 2 N–H and O–H groups in total. The van der Waals surface area contributed by atoms with Crippen molar-refractivity contribution in [2.24, 2.45) is 23.7 Å². The smallest absolute Gasteiger partial charge is 0.322 e. The minimum absolute atomic E-state index is 0.0111. The van der Waals surface area contributed by atoms with E-state index in [1.807, 2.05) is 0 Å². The van der Waals surface area contributed by atoms with Crippen LogP contribution in [0, 0.1) is 23.7 Å². The molecule has 1 amide bonds. The Bertz CT molecular complexity index is 303. The number of amides is 1. The van der Waals surface area contributed by atoms with E-state index < -0.39 is 5.97 Å². The maximum atomic E-state index is 12.1. The highest BCUT2D eigenvalue weighted by Crippen LogP contribution is 2.39. The summed E-state index contributed by atoms with van der Waals surface area (Å²) in [4.78, 5) is 22.6. The van der Waals surface area contributed by atoms with Gasteiger partial charge in [0.2, 0.25) is 5.91 Å². The quantitative estimate of drug-likeness (QED) is 0.792. The van der Waals surface area contributed by atoms with Crippen LogP contribution >= 0.6 is 0 Å². The van der Waals surface area contributed by atoms with Crippen LogP contribution in [0.4, 0.5) is 0 Å². The molecule has 4 heteroatoms. The van der Waals surface area contributed by atoms with Crippen LogP contribution in [0.1, 0.15) is 46.5 Å². The van der Waals surface area contributed by atoms with Crippen molar-refractivity contribution in [1.29, 1.82) is 0 Å². The minimum Gasteiger partial charge on any atom is -0.480 e. The Kier molecular flexibility index (Phi) is 5.63. The first-order valence-electron chi connectivity index (χ1n) is 6.95. The first-order chi connectivity index (χ1) is 8.45. The maximum Gasteiger partial charge on any atom is 0.322 e. The number of aliphatic carboxylic acids is 1. The van der Waals surface area contributed by atoms with Crippen molar-refractivity contribution in [2.45, 2.75) is 46.5 Å². The van der Waals surface area contributed by atoms with Crippen LogP contribution in [0.3, 0.4) is 0 Å². The highest BCUT2D eigenvalue weighted by molar-refractivity contribution is 5.83. The average molecular weight is 255 g/mol. The lowest BCUT2D eigenvalue weighted by molar-refractivity contribution is -0.139. The highest BCUT2D eigenvalue weighted by atomic mass is 16.4. The maximum absolute atomic E-state index is 12.1. The third kappa shape index (κ3) is 4.00. The van der Waals surface area contributed by atoms with Crippen molar-refractivity contribution in [1.82, 2.24) is 5.32 Å². The molecule has 104 valence electrons. The second kappa shape index (κ2) is 6.76. The van der Waals surface area contributed by atoms with Crippen LogP contribution in [0.2, 0.25) is 0 Å². The summed E-state index contributed by atoms with van der Waals surface area (Å²) in [7, 11) is 0. The lowest BCUT2D eigenvalue weighted by Gasteiger charge is -2.37. The number of hydrogen-bond acceptors (Lipinski definition) is 2. The molecule has 4 nitrogen and oxygen atoms in total. The van der Waals surface area contributed by atoms with Crippen LogP contribution < -0.4 is 5.32 Å². The number of carboxylic acids is 1. The number of nitrogens with one attached hydrogen (secondary N) is 1. The van der Waals surface area contributed by atoms with Gasteiger partial charge in [-0.3, -0.25) is 9.59 Å². The molecule has 1 aliphatic carbocycles. The molecule has 0 bridgehead atoms. The Morgan fingerprint density at radius 1 is 1.39 bits per heavy atom. The fraction of sp³-hybridized carbons (Fsp3) is 0.857. The fourth-order valence-corrected chi connectivity index (χ4v) is 2.98. The Hall–Kier alpha value is -1.06. The SMILES string of the molecule is CCC(C)C1CCC(C)CC1C(=O)NCC(=O)O. The Balaban J connectivity index is 2.66. The van der Waals surface area contributed by atoms with Crippen LogP contribution in [-0.2, 0) is 9.59 Å². The lowest BCUT2D eigenvalue weighted by Crippen LogP contribution is -2.42. The zero-order valence-corrected chi connectivity index (χ0v) is 11.6. The minimum atomic E-state index is -0.979. The molecule has 18 heavy (non-hydrogen) atoms. The molecule has 0 aromatic heterocycles. The third-order valence-corrected chi connectivity index (χ3v) is 4.29. The number of hydrogen-bond donors (Lipinski definition) is 2. The molecule has 1 saturated carbocycles. The van der Waals surface area contributed by atoms with Gasteiger partial charge in [-0.05, 0) is 30.6 Å². The van der Waals surface area contributed by atoms with Gasteiger partial charge in [0, 0.05) is 5.92 Å². The molecule has 4 unspecified atom stereocenters. The highest BCUT2D eigenvalue weighted by Gasteiger charge is 2.36. The summed E-state index contributed by atoms with van der Waals surface area (Å²) in [5, 5.41) is 11.2. The zero-order chi connectivity index (χ0) is 13.7. The fourth-order valence-electron chi connectivity index (χ4n) is 2.98. The van der Waals surface area contributed by atoms with Crippen LogP contribution in [-0.4, -0.2) is 23.5 Å². The first kappa shape index (κ1) is 15.0. The van der Waals surface area contributed by atoms with E-state index in [9.17, 15) is 9.59 Å². The van der Waals surface area contributed by atoms with Crippen molar-refractivity contribution in [3.63, 3.8) is 0 Å². The van der Waals surface area contributed by atoms with Crippen LogP contribution in [0.5, 0.6) is 0 Å². The number of carboxylic acid groups (broad SMARTS) is 1. The van der Waals surface area contributed by atoms with Crippen molar-refractivity contribution in [3.8, 4) is 0 Å². The van der Waals surface area contributed by atoms with Crippen molar-refractivity contribution in [3.05, 3.63) is 0 Å². The molecule has 0 aromatic carbocycles. The molecule has 1 rings (SSSR count). The predicted octanol–water partition coefficient (Wildman–Crippen LogP) is 2.29. The average Bonchev–Trinajstić information content (AvgIpc) is 2.34. The standard InChI is InChI=1S/C14H25NO3/c1-4-10(3)11-6-5-9(2)7-12(11)14(18)15-8-13(16)17/h9-12H,4-8H2,1-3H3,(H,15,18)(H,16,17). The summed E-state index contributed by atoms with van der Waals surface area (Å²) in [6, 6.07) is 0. The molecule has 0 saturated heterocycles. The van der Waals surface area contributed by atoms with Gasteiger partial charge >= 0.3 is 5.97 Å². The second-order valence-corrected chi connectivity index (χ2v) is 5.69. The van der Waals surface area contributed by atoms with Gasteiger partial charge in [-0.25, -0.2) is 0 Å². The largest absolute Gasteiger partial charge is 0.480 e. The summed E-state index contributed by atoms with van der Waals surface area (Å²) in [6.07, 6.45) is 4.22. The summed E-state index contributed by atoms with van der Waals surface area (Å²) in [5.74, 6) is 0.425. The Labute approximate surface area is 109 Å². The van der Waals surface area contributed by atoms with Crippen molar-refractivity contribution >= 4 is 11.9 Å². The second-order valence-electron chi connectivity index (χ2n) is 5.69. The Morgan fingerprint density at radius 3 is 2.61 bits per heavy atom. The van der Waals surface area contributed by atoms with Crippen molar-refractivity contribution < 1.29 is 14.7 Å². The summed E-state index contributed by atoms with van der Waals surface area (Å²) in [6.45, 7) is 6.24. The van der Waals surface area contributed by atoms with Crippen LogP contribution in [0.15, 0.2) is 0 Å². The van der Waals surface area contributed by atoms with E-state index in [1.165, 1.54) is 6.42 Å². The topological polar surface area (TPSA) is 66.4 Å². The molecule has 0 aliphatic heterocycles. The van der Waals surface area contributed by atoms with E-state index in [4.69, 9.17) is 5.11 Å². The number of carbonyl (C=O) groups excluding carboxylic acids is 1. The van der Waals surface area contributed by atoms with Crippen LogP contribution in [0.25, 0.3) is 0 Å². The van der Waals surface area contributed by atoms with Gasteiger partial charge in [-0.2, -0.15) is 0 Å². The molecule has 0 aromatic rings. The van der Waals surface area contributed by atoms with E-state index in [1.54, 1.807) is 0 Å². The molecule has 0 radical (unpaired) electrons. The van der Waals surface area contributed by atoms with Crippen molar-refractivity contribution in [2.75, 3.05) is 6.54 Å². The van der Waals surface area contributed by atoms with Gasteiger partial charge in [0.05, 0.1) is 0 Å². The normalized spacial score (nSPS) is 29.6. The molecule has 0 spiro atoms. The Morgan fingerprint density at radius 2 is 2.06 bits per heavy atom. The first-order valence-corrected chi connectivity index (χ1v) is 6.95. The number of rotatable bonds is 5.